The molecule has 0 N–H and O–H groups in total. The SMILES string of the molecule is COC(=O)COc1ccc(C=c2sc3n(c2=O)C(c2ccccc2)C(C(=O)OC)=C(C)N=3)cc1. The summed E-state index contributed by atoms with van der Waals surface area (Å²) in [6.45, 7) is 1.56. The number of carbonyl (C=O) groups excluding carboxylic acids is 2. The molecule has 1 atom stereocenters. The van der Waals surface area contributed by atoms with Crippen molar-refractivity contribution in [2.24, 2.45) is 4.99 Å². The molecular weight excluding hydrogens is 456 g/mol. The van der Waals surface area contributed by atoms with Gasteiger partial charge in [0.1, 0.15) is 5.75 Å². The van der Waals surface area contributed by atoms with Crippen LogP contribution in [0.15, 0.2) is 75.7 Å². The Morgan fingerprint density at radius 3 is 2.41 bits per heavy atom. The number of benzene rings is 2. The molecule has 2 heterocycles. The van der Waals surface area contributed by atoms with Gasteiger partial charge in [0.15, 0.2) is 11.4 Å². The van der Waals surface area contributed by atoms with Crippen molar-refractivity contribution in [1.29, 1.82) is 0 Å². The third-order valence-electron chi connectivity index (χ3n) is 5.30. The molecule has 3 aromatic rings. The summed E-state index contributed by atoms with van der Waals surface area (Å²) < 4.78 is 16.9. The molecule has 0 fully saturated rings. The van der Waals surface area contributed by atoms with Gasteiger partial charge in [-0.25, -0.2) is 14.6 Å². The van der Waals surface area contributed by atoms with E-state index in [1.165, 1.54) is 25.6 Å². The van der Waals surface area contributed by atoms with Gasteiger partial charge in [-0.3, -0.25) is 9.36 Å². The Bertz CT molecular complexity index is 1440. The molecule has 1 aliphatic rings. The standard InChI is InChI=1S/C25H22N2O6S/c1-15-21(24(30)32-3)22(17-7-5-4-6-8-17)27-23(29)19(34-25(27)26-15)13-16-9-11-18(12-10-16)33-14-20(28)31-2/h4-13,22H,14H2,1-3H3. The zero-order valence-electron chi connectivity index (χ0n) is 18.8. The van der Waals surface area contributed by atoms with E-state index in [4.69, 9.17) is 9.47 Å². The summed E-state index contributed by atoms with van der Waals surface area (Å²) in [6.07, 6.45) is 1.76. The highest BCUT2D eigenvalue weighted by Gasteiger charge is 2.32. The van der Waals surface area contributed by atoms with E-state index in [-0.39, 0.29) is 12.2 Å². The van der Waals surface area contributed by atoms with Gasteiger partial charge in [-0.15, -0.1) is 0 Å². The molecule has 1 aliphatic heterocycles. The minimum absolute atomic E-state index is 0.185. The van der Waals surface area contributed by atoms with E-state index in [0.717, 1.165) is 11.1 Å². The van der Waals surface area contributed by atoms with Crippen LogP contribution in [0.2, 0.25) is 0 Å². The lowest BCUT2D eigenvalue weighted by Crippen LogP contribution is -2.39. The van der Waals surface area contributed by atoms with Gasteiger partial charge in [0.2, 0.25) is 0 Å². The summed E-state index contributed by atoms with van der Waals surface area (Å²) in [5.41, 5.74) is 2.16. The number of hydrogen-bond donors (Lipinski definition) is 0. The average Bonchev–Trinajstić information content (AvgIpc) is 3.16. The van der Waals surface area contributed by atoms with E-state index < -0.39 is 18.0 Å². The van der Waals surface area contributed by atoms with Gasteiger partial charge < -0.3 is 14.2 Å². The molecule has 1 unspecified atom stereocenters. The second-order valence-electron chi connectivity index (χ2n) is 7.42. The van der Waals surface area contributed by atoms with Gasteiger partial charge in [-0.05, 0) is 36.3 Å². The number of thiazole rings is 1. The van der Waals surface area contributed by atoms with Crippen molar-refractivity contribution in [3.05, 3.63) is 96.7 Å². The lowest BCUT2D eigenvalue weighted by Gasteiger charge is -2.24. The molecule has 0 radical (unpaired) electrons. The third-order valence-corrected chi connectivity index (χ3v) is 6.29. The van der Waals surface area contributed by atoms with Gasteiger partial charge >= 0.3 is 11.9 Å². The van der Waals surface area contributed by atoms with Crippen molar-refractivity contribution in [3.8, 4) is 5.75 Å². The lowest BCUT2D eigenvalue weighted by atomic mass is 9.96. The topological polar surface area (TPSA) is 96.2 Å². The summed E-state index contributed by atoms with van der Waals surface area (Å²) in [5.74, 6) is -0.488. The van der Waals surface area contributed by atoms with E-state index in [1.807, 2.05) is 30.3 Å². The Hall–Kier alpha value is -3.98. The molecule has 0 saturated heterocycles. The molecule has 174 valence electrons. The summed E-state index contributed by atoms with van der Waals surface area (Å²) in [5, 5.41) is 0. The van der Waals surface area contributed by atoms with Gasteiger partial charge in [-0.1, -0.05) is 53.8 Å². The van der Waals surface area contributed by atoms with Gasteiger partial charge in [0, 0.05) is 0 Å². The van der Waals surface area contributed by atoms with E-state index in [1.54, 1.807) is 41.8 Å². The molecule has 9 heteroatoms. The highest BCUT2D eigenvalue weighted by Crippen LogP contribution is 2.30. The Kier molecular flexibility index (Phi) is 6.74. The van der Waals surface area contributed by atoms with Crippen molar-refractivity contribution in [2.75, 3.05) is 20.8 Å². The minimum Gasteiger partial charge on any atom is -0.482 e. The van der Waals surface area contributed by atoms with Gasteiger partial charge in [0.25, 0.3) is 5.56 Å². The molecule has 0 saturated carbocycles. The average molecular weight is 479 g/mol. The Labute approximate surface area is 199 Å². The first-order chi connectivity index (χ1) is 16.4. The fraction of sp³-hybridized carbons (Fsp3) is 0.200. The fourth-order valence-corrected chi connectivity index (χ4v) is 4.70. The first kappa shape index (κ1) is 23.2. The molecule has 2 aromatic carbocycles. The normalized spacial score (nSPS) is 15.4. The van der Waals surface area contributed by atoms with Crippen molar-refractivity contribution in [3.63, 3.8) is 0 Å². The summed E-state index contributed by atoms with van der Waals surface area (Å²) in [6, 6.07) is 15.7. The summed E-state index contributed by atoms with van der Waals surface area (Å²) in [7, 11) is 2.61. The van der Waals surface area contributed by atoms with Gasteiger partial charge in [-0.2, -0.15) is 0 Å². The maximum atomic E-state index is 13.5. The number of aromatic nitrogens is 1. The monoisotopic (exact) mass is 478 g/mol. The number of rotatable bonds is 6. The van der Waals surface area contributed by atoms with Crippen LogP contribution in [0.5, 0.6) is 5.75 Å². The minimum atomic E-state index is -0.638. The molecule has 0 aliphatic carbocycles. The highest BCUT2D eigenvalue weighted by atomic mass is 32.1. The maximum absolute atomic E-state index is 13.5. The molecular formula is C25H22N2O6S. The quantitative estimate of drug-likeness (QED) is 0.503. The van der Waals surface area contributed by atoms with E-state index in [2.05, 4.69) is 9.73 Å². The number of nitrogens with zero attached hydrogens (tertiary/aromatic N) is 2. The second kappa shape index (κ2) is 9.88. The zero-order valence-corrected chi connectivity index (χ0v) is 19.6. The Morgan fingerprint density at radius 1 is 1.06 bits per heavy atom. The van der Waals surface area contributed by atoms with Crippen LogP contribution in [0.3, 0.4) is 0 Å². The van der Waals surface area contributed by atoms with E-state index >= 15 is 0 Å². The summed E-state index contributed by atoms with van der Waals surface area (Å²) in [4.78, 5) is 42.4. The van der Waals surface area contributed by atoms with Crippen LogP contribution in [0.25, 0.3) is 6.08 Å². The fourth-order valence-electron chi connectivity index (χ4n) is 3.66. The van der Waals surface area contributed by atoms with Crippen LogP contribution in [0.4, 0.5) is 0 Å². The van der Waals surface area contributed by atoms with Crippen molar-refractivity contribution >= 4 is 29.4 Å². The first-order valence-electron chi connectivity index (χ1n) is 10.4. The van der Waals surface area contributed by atoms with E-state index in [9.17, 15) is 14.4 Å². The first-order valence-corrected chi connectivity index (χ1v) is 11.2. The molecule has 1 aromatic heterocycles. The molecule has 34 heavy (non-hydrogen) atoms. The molecule has 0 bridgehead atoms. The molecule has 0 amide bonds. The van der Waals surface area contributed by atoms with Crippen LogP contribution >= 0.6 is 11.3 Å². The predicted molar refractivity (Wildman–Crippen MR) is 126 cm³/mol. The largest absolute Gasteiger partial charge is 0.482 e. The number of hydrogen-bond acceptors (Lipinski definition) is 8. The Morgan fingerprint density at radius 2 is 1.76 bits per heavy atom. The number of methoxy groups -OCH3 is 2. The number of fused-ring (bicyclic) bond motifs is 1. The molecule has 4 rings (SSSR count). The number of allylic oxidation sites excluding steroid dienone is 1. The second-order valence-corrected chi connectivity index (χ2v) is 8.43. The Balaban J connectivity index is 1.76. The predicted octanol–water partition coefficient (Wildman–Crippen LogP) is 1.96. The smallest absolute Gasteiger partial charge is 0.343 e. The van der Waals surface area contributed by atoms with Crippen LogP contribution < -0.4 is 19.6 Å². The van der Waals surface area contributed by atoms with Crippen molar-refractivity contribution in [1.82, 2.24) is 4.57 Å². The molecule has 0 spiro atoms. The maximum Gasteiger partial charge on any atom is 0.343 e. The highest BCUT2D eigenvalue weighted by molar-refractivity contribution is 7.07. The number of esters is 2. The third kappa shape index (κ3) is 4.55. The van der Waals surface area contributed by atoms with Crippen molar-refractivity contribution < 1.29 is 23.8 Å². The zero-order chi connectivity index (χ0) is 24.2. The van der Waals surface area contributed by atoms with Crippen LogP contribution in [0.1, 0.15) is 24.1 Å². The van der Waals surface area contributed by atoms with E-state index in [0.29, 0.717) is 26.4 Å². The van der Waals surface area contributed by atoms with Crippen LogP contribution in [-0.4, -0.2) is 37.3 Å². The van der Waals surface area contributed by atoms with Crippen LogP contribution in [-0.2, 0) is 19.1 Å². The summed E-state index contributed by atoms with van der Waals surface area (Å²) >= 11 is 1.25. The number of carbonyl (C=O) groups is 2. The van der Waals surface area contributed by atoms with Gasteiger partial charge in [0.05, 0.1) is 36.1 Å². The van der Waals surface area contributed by atoms with Crippen molar-refractivity contribution in [2.45, 2.75) is 13.0 Å². The lowest BCUT2D eigenvalue weighted by molar-refractivity contribution is -0.143. The van der Waals surface area contributed by atoms with Crippen LogP contribution in [0, 0.1) is 0 Å². The number of ether oxygens (including phenoxy) is 3. The molecule has 8 nitrogen and oxygen atoms in total.